The molecule has 98 valence electrons. The highest BCUT2D eigenvalue weighted by molar-refractivity contribution is 5.41. The molecule has 2 fully saturated rings. The van der Waals surface area contributed by atoms with Crippen LogP contribution in [-0.4, -0.2) is 31.2 Å². The second-order valence-corrected chi connectivity index (χ2v) is 4.96. The van der Waals surface area contributed by atoms with E-state index in [0.717, 1.165) is 32.2 Å². The van der Waals surface area contributed by atoms with Crippen LogP contribution in [0.4, 0.5) is 19.0 Å². The molecule has 18 heavy (non-hydrogen) atoms. The fourth-order valence-electron chi connectivity index (χ4n) is 2.80. The number of aromatic nitrogens is 1. The first-order valence-corrected chi connectivity index (χ1v) is 6.04. The molecule has 1 N–H and O–H groups in total. The van der Waals surface area contributed by atoms with Crippen molar-refractivity contribution in [2.24, 2.45) is 11.8 Å². The van der Waals surface area contributed by atoms with Crippen LogP contribution in [-0.2, 0) is 6.18 Å². The molecule has 0 amide bonds. The van der Waals surface area contributed by atoms with E-state index >= 15 is 0 Å². The van der Waals surface area contributed by atoms with Crippen LogP contribution in [0.5, 0.6) is 0 Å². The van der Waals surface area contributed by atoms with Gasteiger partial charge in [0.15, 0.2) is 0 Å². The van der Waals surface area contributed by atoms with Crippen molar-refractivity contribution in [1.82, 2.24) is 10.3 Å². The van der Waals surface area contributed by atoms with Crippen molar-refractivity contribution in [2.45, 2.75) is 6.18 Å². The third-order valence-corrected chi connectivity index (χ3v) is 3.74. The summed E-state index contributed by atoms with van der Waals surface area (Å²) in [6, 6.07) is 4.10. The highest BCUT2D eigenvalue weighted by Gasteiger charge is 2.38. The standard InChI is InChI=1S/C12H14F3N3/c13-12(14,15)10-2-1-3-11(17-10)18-6-8-4-16-5-9(8)7-18/h1-3,8-9,16H,4-7H2/t8-,9+. The fourth-order valence-corrected chi connectivity index (χ4v) is 2.80. The average Bonchev–Trinajstić information content (AvgIpc) is 2.88. The zero-order valence-corrected chi connectivity index (χ0v) is 9.74. The summed E-state index contributed by atoms with van der Waals surface area (Å²) < 4.78 is 37.8. The maximum absolute atomic E-state index is 12.6. The minimum absolute atomic E-state index is 0.444. The van der Waals surface area contributed by atoms with Gasteiger partial charge >= 0.3 is 6.18 Å². The first-order chi connectivity index (χ1) is 8.54. The van der Waals surface area contributed by atoms with E-state index in [0.29, 0.717) is 17.7 Å². The smallest absolute Gasteiger partial charge is 0.356 e. The third kappa shape index (κ3) is 2.05. The molecule has 0 aliphatic carbocycles. The number of fused-ring (bicyclic) bond motifs is 1. The van der Waals surface area contributed by atoms with Gasteiger partial charge in [-0.05, 0) is 24.0 Å². The lowest BCUT2D eigenvalue weighted by Crippen LogP contribution is -2.26. The van der Waals surface area contributed by atoms with Crippen molar-refractivity contribution in [3.63, 3.8) is 0 Å². The second kappa shape index (κ2) is 4.12. The van der Waals surface area contributed by atoms with E-state index in [2.05, 4.69) is 10.3 Å². The van der Waals surface area contributed by atoms with Gasteiger partial charge in [0.25, 0.3) is 0 Å². The number of alkyl halides is 3. The van der Waals surface area contributed by atoms with Crippen molar-refractivity contribution in [3.05, 3.63) is 23.9 Å². The number of nitrogens with zero attached hydrogens (tertiary/aromatic N) is 2. The minimum Gasteiger partial charge on any atom is -0.356 e. The Balaban J connectivity index is 1.81. The van der Waals surface area contributed by atoms with E-state index in [1.807, 2.05) is 4.90 Å². The van der Waals surface area contributed by atoms with Crippen LogP contribution in [0.3, 0.4) is 0 Å². The van der Waals surface area contributed by atoms with Crippen LogP contribution in [0.15, 0.2) is 18.2 Å². The van der Waals surface area contributed by atoms with E-state index in [-0.39, 0.29) is 0 Å². The SMILES string of the molecule is FC(F)(F)c1cccc(N2C[C@H]3CNC[C@H]3C2)n1. The van der Waals surface area contributed by atoms with Crippen LogP contribution < -0.4 is 10.2 Å². The summed E-state index contributed by atoms with van der Waals surface area (Å²) in [4.78, 5) is 5.70. The Hall–Kier alpha value is -1.30. The normalized spacial score (nSPS) is 27.6. The fraction of sp³-hybridized carbons (Fsp3) is 0.583. The van der Waals surface area contributed by atoms with Gasteiger partial charge < -0.3 is 10.2 Å². The van der Waals surface area contributed by atoms with Gasteiger partial charge in [-0.3, -0.25) is 0 Å². The van der Waals surface area contributed by atoms with Gasteiger partial charge in [-0.2, -0.15) is 13.2 Å². The summed E-state index contributed by atoms with van der Waals surface area (Å²) in [6.45, 7) is 3.51. The lowest BCUT2D eigenvalue weighted by atomic mass is 10.0. The van der Waals surface area contributed by atoms with Crippen LogP contribution in [0.2, 0.25) is 0 Å². The van der Waals surface area contributed by atoms with Gasteiger partial charge in [0.05, 0.1) is 0 Å². The first kappa shape index (κ1) is 11.8. The van der Waals surface area contributed by atoms with Gasteiger partial charge in [-0.15, -0.1) is 0 Å². The zero-order valence-electron chi connectivity index (χ0n) is 9.74. The highest BCUT2D eigenvalue weighted by Crippen LogP contribution is 2.32. The molecule has 3 nitrogen and oxygen atoms in total. The third-order valence-electron chi connectivity index (χ3n) is 3.74. The molecular weight excluding hydrogens is 243 g/mol. The van der Waals surface area contributed by atoms with Crippen molar-refractivity contribution in [2.75, 3.05) is 31.1 Å². The molecular formula is C12H14F3N3. The number of anilines is 1. The molecule has 2 saturated heterocycles. The molecule has 0 radical (unpaired) electrons. The summed E-state index contributed by atoms with van der Waals surface area (Å²) in [7, 11) is 0. The van der Waals surface area contributed by atoms with Gasteiger partial charge in [-0.25, -0.2) is 4.98 Å². The summed E-state index contributed by atoms with van der Waals surface area (Å²) in [5, 5.41) is 3.30. The van der Waals surface area contributed by atoms with E-state index in [1.54, 1.807) is 6.07 Å². The first-order valence-electron chi connectivity index (χ1n) is 6.04. The molecule has 6 heteroatoms. The Bertz CT molecular complexity index is 434. The van der Waals surface area contributed by atoms with Crippen molar-refractivity contribution in [1.29, 1.82) is 0 Å². The number of hydrogen-bond acceptors (Lipinski definition) is 3. The Kier molecular flexibility index (Phi) is 2.69. The monoisotopic (exact) mass is 257 g/mol. The average molecular weight is 257 g/mol. The molecule has 0 unspecified atom stereocenters. The molecule has 3 heterocycles. The molecule has 0 aromatic carbocycles. The van der Waals surface area contributed by atoms with Gasteiger partial charge in [0.1, 0.15) is 11.5 Å². The zero-order chi connectivity index (χ0) is 12.8. The number of nitrogens with one attached hydrogen (secondary N) is 1. The molecule has 2 aliphatic heterocycles. The number of pyridine rings is 1. The second-order valence-electron chi connectivity index (χ2n) is 4.96. The van der Waals surface area contributed by atoms with E-state index < -0.39 is 11.9 Å². The van der Waals surface area contributed by atoms with E-state index in [4.69, 9.17) is 0 Å². The summed E-state index contributed by atoms with van der Waals surface area (Å²) >= 11 is 0. The number of hydrogen-bond donors (Lipinski definition) is 1. The maximum atomic E-state index is 12.6. The van der Waals surface area contributed by atoms with Crippen molar-refractivity contribution < 1.29 is 13.2 Å². The Morgan fingerprint density at radius 2 is 1.83 bits per heavy atom. The van der Waals surface area contributed by atoms with Gasteiger partial charge in [-0.1, -0.05) is 6.07 Å². The molecule has 1 aromatic heterocycles. The van der Waals surface area contributed by atoms with Crippen LogP contribution in [0.1, 0.15) is 5.69 Å². The Morgan fingerprint density at radius 3 is 2.44 bits per heavy atom. The predicted molar refractivity (Wildman–Crippen MR) is 61.3 cm³/mol. The van der Waals surface area contributed by atoms with Crippen LogP contribution in [0, 0.1) is 11.8 Å². The highest BCUT2D eigenvalue weighted by atomic mass is 19.4. The van der Waals surface area contributed by atoms with Crippen molar-refractivity contribution >= 4 is 5.82 Å². The predicted octanol–water partition coefficient (Wildman–Crippen LogP) is 1.76. The Morgan fingerprint density at radius 1 is 1.17 bits per heavy atom. The number of halogens is 3. The quantitative estimate of drug-likeness (QED) is 0.831. The molecule has 1 aromatic rings. The Labute approximate surface area is 103 Å². The molecule has 3 rings (SSSR count). The van der Waals surface area contributed by atoms with Gasteiger partial charge in [0.2, 0.25) is 0 Å². The molecule has 0 saturated carbocycles. The molecule has 2 aliphatic rings. The number of rotatable bonds is 1. The molecule has 2 atom stereocenters. The van der Waals surface area contributed by atoms with Crippen LogP contribution >= 0.6 is 0 Å². The largest absolute Gasteiger partial charge is 0.433 e. The van der Waals surface area contributed by atoms with Crippen molar-refractivity contribution in [3.8, 4) is 0 Å². The van der Waals surface area contributed by atoms with E-state index in [1.165, 1.54) is 6.07 Å². The lowest BCUT2D eigenvalue weighted by Gasteiger charge is -2.19. The molecule has 0 spiro atoms. The summed E-state index contributed by atoms with van der Waals surface area (Å²) in [5.74, 6) is 1.53. The lowest BCUT2D eigenvalue weighted by molar-refractivity contribution is -0.141. The summed E-state index contributed by atoms with van der Waals surface area (Å²) in [5.41, 5.74) is -0.810. The topological polar surface area (TPSA) is 28.2 Å². The minimum atomic E-state index is -4.37. The van der Waals surface area contributed by atoms with Gasteiger partial charge in [0, 0.05) is 26.2 Å². The van der Waals surface area contributed by atoms with Crippen LogP contribution in [0.25, 0.3) is 0 Å². The molecule has 0 bridgehead atoms. The summed E-state index contributed by atoms with van der Waals surface area (Å²) in [6.07, 6.45) is -4.37. The van der Waals surface area contributed by atoms with E-state index in [9.17, 15) is 13.2 Å². The maximum Gasteiger partial charge on any atom is 0.433 e.